The minimum absolute atomic E-state index is 0.0563. The molecule has 0 aliphatic rings. The number of rotatable bonds is 8. The monoisotopic (exact) mass is 314 g/mol. The van der Waals surface area contributed by atoms with Crippen molar-refractivity contribution in [2.45, 2.75) is 46.0 Å². The molecule has 1 aromatic carbocycles. The zero-order valence-corrected chi connectivity index (χ0v) is 13.8. The zero-order valence-electron chi connectivity index (χ0n) is 13.0. The van der Waals surface area contributed by atoms with Gasteiger partial charge in [-0.05, 0) is 43.2 Å². The summed E-state index contributed by atoms with van der Waals surface area (Å²) in [6, 6.07) is 5.08. The number of ether oxygens (including phenoxy) is 1. The second-order valence-corrected chi connectivity index (χ2v) is 6.01. The highest BCUT2D eigenvalue weighted by molar-refractivity contribution is 6.30. The van der Waals surface area contributed by atoms with Gasteiger partial charge < -0.3 is 4.74 Å². The first-order chi connectivity index (χ1) is 9.99. The summed E-state index contributed by atoms with van der Waals surface area (Å²) in [6.45, 7) is 4.15. The summed E-state index contributed by atoms with van der Waals surface area (Å²) in [5.41, 5.74) is 0.638. The molecule has 1 rings (SSSR count). The summed E-state index contributed by atoms with van der Waals surface area (Å²) < 4.78 is 18.7. The standard InChI is InChI=1S/C17H24ClFO2/c1-4-6-14(17(20)21-3)11-12(2)9-10-13-7-5-8-15(18)16(13)19/h5,7-8,12,14H,4,6,9-11H2,1-3H3/t12-,14+/m0/s1. The van der Waals surface area contributed by atoms with E-state index in [2.05, 4.69) is 13.8 Å². The number of halogens is 2. The van der Waals surface area contributed by atoms with Gasteiger partial charge in [-0.25, -0.2) is 4.39 Å². The number of benzene rings is 1. The van der Waals surface area contributed by atoms with E-state index >= 15 is 0 Å². The van der Waals surface area contributed by atoms with E-state index in [1.807, 2.05) is 0 Å². The highest BCUT2D eigenvalue weighted by Gasteiger charge is 2.21. The van der Waals surface area contributed by atoms with Crippen LogP contribution in [0.1, 0.15) is 45.1 Å². The molecule has 0 radical (unpaired) electrons. The van der Waals surface area contributed by atoms with Crippen molar-refractivity contribution in [1.82, 2.24) is 0 Å². The van der Waals surface area contributed by atoms with Crippen molar-refractivity contribution in [3.63, 3.8) is 0 Å². The molecule has 0 N–H and O–H groups in total. The fourth-order valence-electron chi connectivity index (χ4n) is 2.59. The van der Waals surface area contributed by atoms with Gasteiger partial charge in [0.2, 0.25) is 0 Å². The number of aryl methyl sites for hydroxylation is 1. The van der Waals surface area contributed by atoms with Crippen LogP contribution in [0.5, 0.6) is 0 Å². The lowest BCUT2D eigenvalue weighted by Gasteiger charge is -2.18. The second-order valence-electron chi connectivity index (χ2n) is 5.60. The summed E-state index contributed by atoms with van der Waals surface area (Å²) in [6.07, 6.45) is 4.03. The van der Waals surface area contributed by atoms with Crippen LogP contribution in [-0.4, -0.2) is 13.1 Å². The van der Waals surface area contributed by atoms with Gasteiger partial charge in [-0.3, -0.25) is 4.79 Å². The first kappa shape index (κ1) is 18.0. The van der Waals surface area contributed by atoms with Crippen LogP contribution in [0, 0.1) is 17.7 Å². The fourth-order valence-corrected chi connectivity index (χ4v) is 2.79. The quantitative estimate of drug-likeness (QED) is 0.629. The largest absolute Gasteiger partial charge is 0.469 e. The maximum absolute atomic E-state index is 13.8. The van der Waals surface area contributed by atoms with E-state index in [0.29, 0.717) is 17.9 Å². The molecule has 21 heavy (non-hydrogen) atoms. The lowest BCUT2D eigenvalue weighted by molar-refractivity contribution is -0.146. The van der Waals surface area contributed by atoms with Gasteiger partial charge in [0.05, 0.1) is 18.1 Å². The molecule has 0 saturated heterocycles. The molecular weight excluding hydrogens is 291 g/mol. The van der Waals surface area contributed by atoms with E-state index in [9.17, 15) is 9.18 Å². The Morgan fingerprint density at radius 2 is 2.10 bits per heavy atom. The normalized spacial score (nSPS) is 13.8. The SMILES string of the molecule is CCC[C@H](C[C@@H](C)CCc1cccc(Cl)c1F)C(=O)OC. The zero-order chi connectivity index (χ0) is 15.8. The van der Waals surface area contributed by atoms with Gasteiger partial charge in [0.15, 0.2) is 0 Å². The summed E-state index contributed by atoms with van der Waals surface area (Å²) in [7, 11) is 1.43. The number of hydrogen-bond acceptors (Lipinski definition) is 2. The average Bonchev–Trinajstić information content (AvgIpc) is 2.47. The van der Waals surface area contributed by atoms with Crippen molar-refractivity contribution < 1.29 is 13.9 Å². The number of carbonyl (C=O) groups is 1. The van der Waals surface area contributed by atoms with Gasteiger partial charge in [0.25, 0.3) is 0 Å². The van der Waals surface area contributed by atoms with Gasteiger partial charge in [-0.1, -0.05) is 44.0 Å². The number of hydrogen-bond donors (Lipinski definition) is 0. The Balaban J connectivity index is 2.54. The third-order valence-corrected chi connectivity index (χ3v) is 4.09. The number of methoxy groups -OCH3 is 1. The smallest absolute Gasteiger partial charge is 0.308 e. The van der Waals surface area contributed by atoms with Crippen LogP contribution < -0.4 is 0 Å². The molecule has 0 unspecified atom stereocenters. The Hall–Kier alpha value is -1.09. The molecule has 0 fully saturated rings. The van der Waals surface area contributed by atoms with Crippen molar-refractivity contribution >= 4 is 17.6 Å². The Morgan fingerprint density at radius 3 is 2.71 bits per heavy atom. The molecule has 1 aromatic rings. The lowest BCUT2D eigenvalue weighted by atomic mass is 9.88. The van der Waals surface area contributed by atoms with Crippen molar-refractivity contribution in [3.8, 4) is 0 Å². The molecule has 0 saturated carbocycles. The van der Waals surface area contributed by atoms with Crippen LogP contribution in [0.3, 0.4) is 0 Å². The predicted molar refractivity (Wildman–Crippen MR) is 83.9 cm³/mol. The summed E-state index contributed by atoms with van der Waals surface area (Å²) >= 11 is 5.78. The molecule has 0 aliphatic heterocycles. The van der Waals surface area contributed by atoms with Crippen LogP contribution in [0.25, 0.3) is 0 Å². The van der Waals surface area contributed by atoms with Gasteiger partial charge >= 0.3 is 5.97 Å². The fraction of sp³-hybridized carbons (Fsp3) is 0.588. The molecular formula is C17H24ClFO2. The van der Waals surface area contributed by atoms with Crippen molar-refractivity contribution in [3.05, 3.63) is 34.6 Å². The molecule has 2 nitrogen and oxygen atoms in total. The molecule has 0 bridgehead atoms. The summed E-state index contributed by atoms with van der Waals surface area (Å²) in [5.74, 6) is -0.194. The molecule has 0 amide bonds. The van der Waals surface area contributed by atoms with E-state index in [-0.39, 0.29) is 22.7 Å². The first-order valence-electron chi connectivity index (χ1n) is 7.50. The van der Waals surface area contributed by atoms with E-state index < -0.39 is 0 Å². The Labute approximate surface area is 131 Å². The van der Waals surface area contributed by atoms with Crippen LogP contribution in [0.2, 0.25) is 5.02 Å². The van der Waals surface area contributed by atoms with Gasteiger partial charge in [-0.2, -0.15) is 0 Å². The maximum Gasteiger partial charge on any atom is 0.308 e. The highest BCUT2D eigenvalue weighted by Crippen LogP contribution is 2.24. The topological polar surface area (TPSA) is 26.3 Å². The van der Waals surface area contributed by atoms with Crippen molar-refractivity contribution in [2.75, 3.05) is 7.11 Å². The molecule has 0 aromatic heterocycles. The molecule has 0 spiro atoms. The van der Waals surface area contributed by atoms with E-state index in [1.165, 1.54) is 7.11 Å². The van der Waals surface area contributed by atoms with Crippen LogP contribution in [0.4, 0.5) is 4.39 Å². The molecule has 0 heterocycles. The summed E-state index contributed by atoms with van der Waals surface area (Å²) in [5, 5.41) is 0.165. The average molecular weight is 315 g/mol. The molecule has 118 valence electrons. The molecule has 0 aliphatic carbocycles. The minimum Gasteiger partial charge on any atom is -0.469 e. The number of esters is 1. The lowest BCUT2D eigenvalue weighted by Crippen LogP contribution is -2.19. The Bertz CT molecular complexity index is 462. The molecule has 4 heteroatoms. The second kappa shape index (κ2) is 9.04. The summed E-state index contributed by atoms with van der Waals surface area (Å²) in [4.78, 5) is 11.7. The third-order valence-electron chi connectivity index (χ3n) is 3.80. The first-order valence-corrected chi connectivity index (χ1v) is 7.88. The van der Waals surface area contributed by atoms with Gasteiger partial charge in [0, 0.05) is 0 Å². The predicted octanol–water partition coefficient (Wildman–Crippen LogP) is 5.03. The van der Waals surface area contributed by atoms with E-state index in [1.54, 1.807) is 18.2 Å². The number of carbonyl (C=O) groups excluding carboxylic acids is 1. The maximum atomic E-state index is 13.8. The van der Waals surface area contributed by atoms with Gasteiger partial charge in [0.1, 0.15) is 5.82 Å². The minimum atomic E-state index is -0.329. The highest BCUT2D eigenvalue weighted by atomic mass is 35.5. The third kappa shape index (κ3) is 5.66. The van der Waals surface area contributed by atoms with Crippen molar-refractivity contribution in [2.24, 2.45) is 11.8 Å². The van der Waals surface area contributed by atoms with Crippen LogP contribution >= 0.6 is 11.6 Å². The molecule has 2 atom stereocenters. The van der Waals surface area contributed by atoms with E-state index in [0.717, 1.165) is 25.7 Å². The van der Waals surface area contributed by atoms with Crippen LogP contribution in [-0.2, 0) is 16.0 Å². The Morgan fingerprint density at radius 1 is 1.38 bits per heavy atom. The van der Waals surface area contributed by atoms with E-state index in [4.69, 9.17) is 16.3 Å². The van der Waals surface area contributed by atoms with Crippen molar-refractivity contribution in [1.29, 1.82) is 0 Å². The Kier molecular flexibility index (Phi) is 7.73. The van der Waals surface area contributed by atoms with Crippen LogP contribution in [0.15, 0.2) is 18.2 Å². The van der Waals surface area contributed by atoms with Gasteiger partial charge in [-0.15, -0.1) is 0 Å².